The summed E-state index contributed by atoms with van der Waals surface area (Å²) in [7, 11) is 0. The van der Waals surface area contributed by atoms with Gasteiger partial charge in [-0.15, -0.1) is 0 Å². The predicted octanol–water partition coefficient (Wildman–Crippen LogP) is 3.22. The van der Waals surface area contributed by atoms with E-state index < -0.39 is 5.60 Å². The van der Waals surface area contributed by atoms with Gasteiger partial charge >= 0.3 is 0 Å². The van der Waals surface area contributed by atoms with E-state index in [1.54, 1.807) is 12.1 Å². The minimum absolute atomic E-state index is 0.184. The lowest BCUT2D eigenvalue weighted by Gasteiger charge is -2.25. The molecule has 82 valence electrons. The van der Waals surface area contributed by atoms with Crippen molar-refractivity contribution in [2.45, 2.75) is 38.7 Å². The van der Waals surface area contributed by atoms with Crippen LogP contribution in [-0.2, 0) is 5.60 Å². The normalized spacial score (nSPS) is 29.3. The van der Waals surface area contributed by atoms with Crippen LogP contribution in [-0.4, -0.2) is 5.11 Å². The molecular weight excluding hydrogens is 191 g/mol. The molecule has 1 nitrogen and oxygen atoms in total. The molecular formula is C13H17FO. The summed E-state index contributed by atoms with van der Waals surface area (Å²) in [6, 6.07) is 6.21. The Morgan fingerprint density at radius 3 is 2.20 bits per heavy atom. The van der Waals surface area contributed by atoms with E-state index in [-0.39, 0.29) is 11.2 Å². The predicted molar refractivity (Wildman–Crippen MR) is 57.9 cm³/mol. The van der Waals surface area contributed by atoms with Crippen LogP contribution in [0, 0.1) is 11.2 Å². The van der Waals surface area contributed by atoms with Gasteiger partial charge < -0.3 is 5.11 Å². The molecule has 1 saturated carbocycles. The van der Waals surface area contributed by atoms with Crippen LogP contribution >= 0.6 is 0 Å². The number of hydrogen-bond donors (Lipinski definition) is 1. The number of rotatable bonds is 1. The number of halogens is 1. The molecule has 0 aliphatic heterocycles. The van der Waals surface area contributed by atoms with Crippen molar-refractivity contribution in [1.29, 1.82) is 0 Å². The van der Waals surface area contributed by atoms with Crippen LogP contribution in [0.2, 0.25) is 0 Å². The second-order valence-corrected chi connectivity index (χ2v) is 5.38. The van der Waals surface area contributed by atoms with Gasteiger partial charge in [0.05, 0.1) is 5.60 Å². The highest BCUT2D eigenvalue weighted by Gasteiger charge is 2.42. The fourth-order valence-corrected chi connectivity index (χ4v) is 2.52. The Morgan fingerprint density at radius 2 is 1.73 bits per heavy atom. The lowest BCUT2D eigenvalue weighted by molar-refractivity contribution is 0.0338. The second-order valence-electron chi connectivity index (χ2n) is 5.38. The number of benzene rings is 1. The molecule has 1 atom stereocenters. The first-order valence-electron chi connectivity index (χ1n) is 5.40. The van der Waals surface area contributed by atoms with Crippen molar-refractivity contribution in [2.75, 3.05) is 0 Å². The first-order valence-corrected chi connectivity index (χ1v) is 5.40. The van der Waals surface area contributed by atoms with Crippen molar-refractivity contribution in [3.8, 4) is 0 Å². The molecule has 0 radical (unpaired) electrons. The summed E-state index contributed by atoms with van der Waals surface area (Å²) in [6.07, 6.45) is 2.54. The molecule has 1 aromatic carbocycles. The molecule has 15 heavy (non-hydrogen) atoms. The number of aliphatic hydroxyl groups is 1. The van der Waals surface area contributed by atoms with Gasteiger partial charge in [-0.2, -0.15) is 0 Å². The van der Waals surface area contributed by atoms with Crippen LogP contribution in [0.15, 0.2) is 24.3 Å². The minimum Gasteiger partial charge on any atom is -0.385 e. The molecule has 0 saturated heterocycles. The molecule has 0 aromatic heterocycles. The number of hydrogen-bond acceptors (Lipinski definition) is 1. The molecule has 0 unspecified atom stereocenters. The Morgan fingerprint density at radius 1 is 1.13 bits per heavy atom. The van der Waals surface area contributed by atoms with Crippen LogP contribution in [0.3, 0.4) is 0 Å². The molecule has 0 heterocycles. The molecule has 1 fully saturated rings. The van der Waals surface area contributed by atoms with Crippen LogP contribution in [0.5, 0.6) is 0 Å². The van der Waals surface area contributed by atoms with E-state index in [2.05, 4.69) is 13.8 Å². The molecule has 1 aromatic rings. The molecule has 2 rings (SSSR count). The average Bonchev–Trinajstić information content (AvgIpc) is 2.43. The summed E-state index contributed by atoms with van der Waals surface area (Å²) >= 11 is 0. The molecule has 0 bridgehead atoms. The Kier molecular flexibility index (Phi) is 2.34. The Bertz CT molecular complexity index is 355. The van der Waals surface area contributed by atoms with Crippen LogP contribution in [0.1, 0.15) is 38.7 Å². The van der Waals surface area contributed by atoms with Crippen molar-refractivity contribution in [3.63, 3.8) is 0 Å². The van der Waals surface area contributed by atoms with E-state index in [0.717, 1.165) is 24.8 Å². The molecule has 0 amide bonds. The highest BCUT2D eigenvalue weighted by atomic mass is 19.1. The summed E-state index contributed by atoms with van der Waals surface area (Å²) in [4.78, 5) is 0. The molecule has 1 aliphatic carbocycles. The van der Waals surface area contributed by atoms with Gasteiger partial charge in [-0.1, -0.05) is 26.0 Å². The van der Waals surface area contributed by atoms with E-state index in [0.29, 0.717) is 0 Å². The monoisotopic (exact) mass is 208 g/mol. The topological polar surface area (TPSA) is 20.2 Å². The zero-order valence-electron chi connectivity index (χ0n) is 9.26. The maximum Gasteiger partial charge on any atom is 0.123 e. The van der Waals surface area contributed by atoms with Gasteiger partial charge in [-0.3, -0.25) is 0 Å². The van der Waals surface area contributed by atoms with Gasteiger partial charge in [0, 0.05) is 0 Å². The SMILES string of the molecule is CC1(C)CC[C@](O)(c2ccc(F)cc2)C1. The molecule has 2 heteroatoms. The highest BCUT2D eigenvalue weighted by Crippen LogP contribution is 2.48. The fourth-order valence-electron chi connectivity index (χ4n) is 2.52. The molecule has 0 spiro atoms. The van der Waals surface area contributed by atoms with E-state index in [4.69, 9.17) is 0 Å². The Balaban J connectivity index is 2.27. The van der Waals surface area contributed by atoms with Crippen LogP contribution < -0.4 is 0 Å². The smallest absolute Gasteiger partial charge is 0.123 e. The zero-order valence-corrected chi connectivity index (χ0v) is 9.26. The summed E-state index contributed by atoms with van der Waals surface area (Å²) in [6.45, 7) is 4.32. The van der Waals surface area contributed by atoms with E-state index in [9.17, 15) is 9.50 Å². The minimum atomic E-state index is -0.753. The van der Waals surface area contributed by atoms with E-state index in [1.165, 1.54) is 12.1 Å². The van der Waals surface area contributed by atoms with Gasteiger partial charge in [0.25, 0.3) is 0 Å². The van der Waals surface area contributed by atoms with Crippen molar-refractivity contribution in [3.05, 3.63) is 35.6 Å². The van der Waals surface area contributed by atoms with E-state index >= 15 is 0 Å². The van der Waals surface area contributed by atoms with Crippen LogP contribution in [0.25, 0.3) is 0 Å². The summed E-state index contributed by atoms with van der Waals surface area (Å²) < 4.78 is 12.8. The van der Waals surface area contributed by atoms with Gasteiger partial charge in [-0.25, -0.2) is 4.39 Å². The van der Waals surface area contributed by atoms with Crippen molar-refractivity contribution in [2.24, 2.45) is 5.41 Å². The van der Waals surface area contributed by atoms with Crippen molar-refractivity contribution >= 4 is 0 Å². The van der Waals surface area contributed by atoms with Gasteiger partial charge in [0.15, 0.2) is 0 Å². The third-order valence-corrected chi connectivity index (χ3v) is 3.37. The van der Waals surface area contributed by atoms with Gasteiger partial charge in [-0.05, 0) is 42.4 Å². The summed E-state index contributed by atoms with van der Waals surface area (Å²) in [5.41, 5.74) is 0.273. The Labute approximate surface area is 89.9 Å². The van der Waals surface area contributed by atoms with Gasteiger partial charge in [0.2, 0.25) is 0 Å². The second kappa shape index (κ2) is 3.31. The van der Waals surface area contributed by atoms with Crippen LogP contribution in [0.4, 0.5) is 4.39 Å². The largest absolute Gasteiger partial charge is 0.385 e. The first-order chi connectivity index (χ1) is 6.91. The molecule has 1 aliphatic rings. The average molecular weight is 208 g/mol. The maximum atomic E-state index is 12.8. The van der Waals surface area contributed by atoms with Crippen molar-refractivity contribution in [1.82, 2.24) is 0 Å². The molecule has 1 N–H and O–H groups in total. The standard InChI is InChI=1S/C13H17FO/c1-12(2)7-8-13(15,9-12)10-3-5-11(14)6-4-10/h3-6,15H,7-9H2,1-2H3/t13-/m1/s1. The quantitative estimate of drug-likeness (QED) is 0.751. The highest BCUT2D eigenvalue weighted by molar-refractivity contribution is 5.24. The first kappa shape index (κ1) is 10.6. The summed E-state index contributed by atoms with van der Waals surface area (Å²) in [5, 5.41) is 10.5. The third-order valence-electron chi connectivity index (χ3n) is 3.37. The lowest BCUT2D eigenvalue weighted by Crippen LogP contribution is -2.23. The fraction of sp³-hybridized carbons (Fsp3) is 0.538. The Hall–Kier alpha value is -0.890. The van der Waals surface area contributed by atoms with Crippen molar-refractivity contribution < 1.29 is 9.50 Å². The van der Waals surface area contributed by atoms with Gasteiger partial charge in [0.1, 0.15) is 5.82 Å². The summed E-state index contributed by atoms with van der Waals surface area (Å²) in [5.74, 6) is -0.250. The lowest BCUT2D eigenvalue weighted by atomic mass is 9.86. The van der Waals surface area contributed by atoms with E-state index in [1.807, 2.05) is 0 Å². The third kappa shape index (κ3) is 2.05. The maximum absolute atomic E-state index is 12.8. The zero-order chi connectivity index (χ0) is 11.1.